The van der Waals surface area contributed by atoms with E-state index >= 15 is 0 Å². The van der Waals surface area contributed by atoms with Crippen LogP contribution in [0.4, 0.5) is 0 Å². The first-order valence-corrected chi connectivity index (χ1v) is 7.22. The fourth-order valence-corrected chi connectivity index (χ4v) is 2.90. The standard InChI is InChI=1S/C12H23NO2S/c1-4-10(2)8-15-12(14)7-13(3)11-5-6-16-9-11/h10-11H,4-9H2,1-3H3/t10-,11+/m0/s1. The zero-order chi connectivity index (χ0) is 12.0. The zero-order valence-electron chi connectivity index (χ0n) is 10.6. The van der Waals surface area contributed by atoms with Gasteiger partial charge >= 0.3 is 5.97 Å². The molecule has 0 aromatic rings. The number of nitrogens with zero attached hydrogens (tertiary/aromatic N) is 1. The van der Waals surface area contributed by atoms with E-state index < -0.39 is 0 Å². The Kier molecular flexibility index (Phi) is 6.21. The van der Waals surface area contributed by atoms with Crippen LogP contribution in [-0.2, 0) is 9.53 Å². The van der Waals surface area contributed by atoms with E-state index in [-0.39, 0.29) is 5.97 Å². The van der Waals surface area contributed by atoms with Gasteiger partial charge in [0.25, 0.3) is 0 Å². The molecule has 0 aliphatic carbocycles. The average Bonchev–Trinajstić information content (AvgIpc) is 2.79. The molecule has 0 saturated carbocycles. The molecule has 1 aliphatic rings. The van der Waals surface area contributed by atoms with Gasteiger partial charge in [-0.2, -0.15) is 11.8 Å². The van der Waals surface area contributed by atoms with E-state index in [1.54, 1.807) is 0 Å². The molecule has 16 heavy (non-hydrogen) atoms. The van der Waals surface area contributed by atoms with Gasteiger partial charge in [0.15, 0.2) is 0 Å². The Morgan fingerprint density at radius 2 is 2.38 bits per heavy atom. The molecule has 0 aromatic carbocycles. The van der Waals surface area contributed by atoms with Crippen LogP contribution in [0, 0.1) is 5.92 Å². The number of ether oxygens (including phenoxy) is 1. The summed E-state index contributed by atoms with van der Waals surface area (Å²) in [6.07, 6.45) is 2.25. The maximum Gasteiger partial charge on any atom is 0.320 e. The number of hydrogen-bond donors (Lipinski definition) is 0. The number of carbonyl (C=O) groups is 1. The Balaban J connectivity index is 2.17. The lowest BCUT2D eigenvalue weighted by atomic mass is 10.1. The number of thioether (sulfide) groups is 1. The molecule has 0 spiro atoms. The SMILES string of the molecule is CC[C@H](C)COC(=O)CN(C)[C@@H]1CCSC1. The number of esters is 1. The molecule has 94 valence electrons. The van der Waals surface area contributed by atoms with Crippen molar-refractivity contribution in [3.05, 3.63) is 0 Å². The van der Waals surface area contributed by atoms with Crippen LogP contribution in [0.15, 0.2) is 0 Å². The Labute approximate surface area is 103 Å². The molecule has 0 radical (unpaired) electrons. The first-order chi connectivity index (χ1) is 7.63. The second-order valence-electron chi connectivity index (χ2n) is 4.63. The largest absolute Gasteiger partial charge is 0.464 e. The van der Waals surface area contributed by atoms with Gasteiger partial charge in [-0.3, -0.25) is 9.69 Å². The van der Waals surface area contributed by atoms with Crippen molar-refractivity contribution in [2.75, 3.05) is 31.7 Å². The fraction of sp³-hybridized carbons (Fsp3) is 0.917. The van der Waals surface area contributed by atoms with E-state index in [1.165, 1.54) is 12.2 Å². The molecule has 0 aromatic heterocycles. The molecule has 0 N–H and O–H groups in total. The number of likely N-dealkylation sites (N-methyl/N-ethyl adjacent to an activating group) is 1. The van der Waals surface area contributed by atoms with Crippen molar-refractivity contribution in [3.63, 3.8) is 0 Å². The van der Waals surface area contributed by atoms with Crippen molar-refractivity contribution < 1.29 is 9.53 Å². The summed E-state index contributed by atoms with van der Waals surface area (Å²) in [7, 11) is 2.01. The lowest BCUT2D eigenvalue weighted by Gasteiger charge is -2.22. The molecule has 0 bridgehead atoms. The number of rotatable bonds is 6. The predicted octanol–water partition coefficient (Wildman–Crippen LogP) is 2.01. The third-order valence-electron chi connectivity index (χ3n) is 3.13. The van der Waals surface area contributed by atoms with Crippen LogP contribution in [-0.4, -0.2) is 48.6 Å². The third kappa shape index (κ3) is 4.74. The number of hydrogen-bond acceptors (Lipinski definition) is 4. The van der Waals surface area contributed by atoms with E-state index in [4.69, 9.17) is 4.74 Å². The van der Waals surface area contributed by atoms with E-state index in [0.29, 0.717) is 25.1 Å². The summed E-state index contributed by atoms with van der Waals surface area (Å²) in [5.74, 6) is 2.75. The maximum absolute atomic E-state index is 11.6. The van der Waals surface area contributed by atoms with Crippen LogP contribution >= 0.6 is 11.8 Å². The molecule has 1 fully saturated rings. The maximum atomic E-state index is 11.6. The van der Waals surface area contributed by atoms with Gasteiger partial charge in [-0.1, -0.05) is 20.3 Å². The first-order valence-electron chi connectivity index (χ1n) is 6.07. The molecule has 0 unspecified atom stereocenters. The molecule has 1 heterocycles. The third-order valence-corrected chi connectivity index (χ3v) is 4.28. The zero-order valence-corrected chi connectivity index (χ0v) is 11.4. The lowest BCUT2D eigenvalue weighted by molar-refractivity contribution is -0.146. The highest BCUT2D eigenvalue weighted by atomic mass is 32.2. The van der Waals surface area contributed by atoms with E-state index in [9.17, 15) is 4.79 Å². The lowest BCUT2D eigenvalue weighted by Crippen LogP contribution is -2.36. The van der Waals surface area contributed by atoms with Gasteiger partial charge in [-0.25, -0.2) is 0 Å². The van der Waals surface area contributed by atoms with Crippen molar-refractivity contribution in [1.29, 1.82) is 0 Å². The molecule has 2 atom stereocenters. The summed E-state index contributed by atoms with van der Waals surface area (Å²) in [5.41, 5.74) is 0. The average molecular weight is 245 g/mol. The normalized spacial score (nSPS) is 22.4. The Morgan fingerprint density at radius 3 is 2.94 bits per heavy atom. The van der Waals surface area contributed by atoms with Crippen molar-refractivity contribution in [2.45, 2.75) is 32.7 Å². The highest BCUT2D eigenvalue weighted by Crippen LogP contribution is 2.21. The molecule has 1 saturated heterocycles. The summed E-state index contributed by atoms with van der Waals surface area (Å²) in [5, 5.41) is 0. The molecule has 4 heteroatoms. The predicted molar refractivity (Wildman–Crippen MR) is 68.8 cm³/mol. The Hall–Kier alpha value is -0.220. The van der Waals surface area contributed by atoms with Gasteiger partial charge in [-0.05, 0) is 25.1 Å². The highest BCUT2D eigenvalue weighted by Gasteiger charge is 2.22. The highest BCUT2D eigenvalue weighted by molar-refractivity contribution is 7.99. The quantitative estimate of drug-likeness (QED) is 0.670. The van der Waals surface area contributed by atoms with Crippen LogP contribution in [0.3, 0.4) is 0 Å². The minimum Gasteiger partial charge on any atom is -0.464 e. The van der Waals surface area contributed by atoms with Crippen molar-refractivity contribution in [2.24, 2.45) is 5.92 Å². The van der Waals surface area contributed by atoms with Crippen LogP contribution in [0.5, 0.6) is 0 Å². The van der Waals surface area contributed by atoms with Gasteiger partial charge in [0, 0.05) is 11.8 Å². The minimum absolute atomic E-state index is 0.0836. The van der Waals surface area contributed by atoms with E-state index in [1.807, 2.05) is 18.8 Å². The van der Waals surface area contributed by atoms with Crippen LogP contribution < -0.4 is 0 Å². The first kappa shape index (κ1) is 13.8. The monoisotopic (exact) mass is 245 g/mol. The van der Waals surface area contributed by atoms with Gasteiger partial charge in [0.05, 0.1) is 13.2 Å². The van der Waals surface area contributed by atoms with Gasteiger partial charge < -0.3 is 4.74 Å². The van der Waals surface area contributed by atoms with Gasteiger partial charge in [0.2, 0.25) is 0 Å². The minimum atomic E-state index is -0.0836. The van der Waals surface area contributed by atoms with Crippen LogP contribution in [0.2, 0.25) is 0 Å². The fourth-order valence-electron chi connectivity index (χ4n) is 1.60. The molecular formula is C12H23NO2S. The number of carbonyl (C=O) groups excluding carboxylic acids is 1. The second kappa shape index (κ2) is 7.17. The summed E-state index contributed by atoms with van der Waals surface area (Å²) < 4.78 is 5.24. The summed E-state index contributed by atoms with van der Waals surface area (Å²) in [4.78, 5) is 13.7. The molecule has 1 rings (SSSR count). The van der Waals surface area contributed by atoms with Gasteiger partial charge in [-0.15, -0.1) is 0 Å². The van der Waals surface area contributed by atoms with Crippen molar-refractivity contribution >= 4 is 17.7 Å². The smallest absolute Gasteiger partial charge is 0.320 e. The van der Waals surface area contributed by atoms with E-state index in [2.05, 4.69) is 18.7 Å². The van der Waals surface area contributed by atoms with Crippen LogP contribution in [0.1, 0.15) is 26.7 Å². The van der Waals surface area contributed by atoms with Crippen molar-refractivity contribution in [3.8, 4) is 0 Å². The summed E-state index contributed by atoms with van der Waals surface area (Å²) in [6, 6.07) is 0.557. The van der Waals surface area contributed by atoms with Crippen molar-refractivity contribution in [1.82, 2.24) is 4.90 Å². The van der Waals surface area contributed by atoms with Crippen LogP contribution in [0.25, 0.3) is 0 Å². The van der Waals surface area contributed by atoms with E-state index in [0.717, 1.165) is 12.2 Å². The molecule has 3 nitrogen and oxygen atoms in total. The van der Waals surface area contributed by atoms with Gasteiger partial charge in [0.1, 0.15) is 0 Å². The summed E-state index contributed by atoms with van der Waals surface area (Å²) in [6.45, 7) is 5.20. The second-order valence-corrected chi connectivity index (χ2v) is 5.78. The molecular weight excluding hydrogens is 222 g/mol. The summed E-state index contributed by atoms with van der Waals surface area (Å²) >= 11 is 1.97. The topological polar surface area (TPSA) is 29.5 Å². The molecule has 1 aliphatic heterocycles. The Morgan fingerprint density at radius 1 is 1.62 bits per heavy atom. The Bertz CT molecular complexity index is 217. The molecule has 0 amide bonds.